The molecule has 232 valence electrons. The molecule has 0 radical (unpaired) electrons. The predicted octanol–water partition coefficient (Wildman–Crippen LogP) is 4.54. The van der Waals surface area contributed by atoms with Crippen LogP contribution in [0.1, 0.15) is 42.9 Å². The van der Waals surface area contributed by atoms with Crippen molar-refractivity contribution >= 4 is 34.8 Å². The maximum absolute atomic E-state index is 13.8. The summed E-state index contributed by atoms with van der Waals surface area (Å²) in [6.07, 6.45) is 5.74. The van der Waals surface area contributed by atoms with Crippen LogP contribution in [0, 0.1) is 5.92 Å². The summed E-state index contributed by atoms with van der Waals surface area (Å²) in [5.74, 6) is -1.60. The summed E-state index contributed by atoms with van der Waals surface area (Å²) >= 11 is 0. The van der Waals surface area contributed by atoms with E-state index in [4.69, 9.17) is 0 Å². The van der Waals surface area contributed by atoms with Crippen molar-refractivity contribution in [2.24, 2.45) is 11.0 Å². The van der Waals surface area contributed by atoms with Gasteiger partial charge in [-0.25, -0.2) is 5.01 Å². The van der Waals surface area contributed by atoms with E-state index in [1.54, 1.807) is 48.3 Å². The lowest BCUT2D eigenvalue weighted by Gasteiger charge is -2.28. The summed E-state index contributed by atoms with van der Waals surface area (Å²) in [4.78, 5) is 42.9. The number of amides is 3. The highest BCUT2D eigenvalue weighted by Gasteiger charge is 2.52. The third-order valence-electron chi connectivity index (χ3n) is 8.26. The van der Waals surface area contributed by atoms with Gasteiger partial charge in [0.2, 0.25) is 11.8 Å². The molecule has 2 heterocycles. The van der Waals surface area contributed by atoms with Crippen LogP contribution in [0.5, 0.6) is 0 Å². The Hall–Kier alpha value is -4.86. The second-order valence-corrected chi connectivity index (χ2v) is 11.2. The van der Waals surface area contributed by atoms with Crippen LogP contribution in [0.3, 0.4) is 0 Å². The van der Waals surface area contributed by atoms with Gasteiger partial charge in [0.1, 0.15) is 0 Å². The SMILES string of the molecule is C=CCN1C(=O)[C@@](O)([C@@H](C)/C=C/CC(=O)N(CCO)Cc2ccccc2)c2cc(N3N=C(c4ccccc4)CCC3=O)ccc21. The molecule has 3 aromatic rings. The van der Waals surface area contributed by atoms with Crippen LogP contribution in [0.4, 0.5) is 11.4 Å². The van der Waals surface area contributed by atoms with Gasteiger partial charge >= 0.3 is 0 Å². The summed E-state index contributed by atoms with van der Waals surface area (Å²) in [6, 6.07) is 24.3. The summed E-state index contributed by atoms with van der Waals surface area (Å²) in [7, 11) is 0. The molecule has 2 N–H and O–H groups in total. The number of hydrogen-bond donors (Lipinski definition) is 2. The minimum Gasteiger partial charge on any atom is -0.395 e. The molecule has 3 amide bonds. The lowest BCUT2D eigenvalue weighted by atomic mass is 9.82. The smallest absolute Gasteiger partial charge is 0.264 e. The first kappa shape index (κ1) is 31.6. The number of carbonyl (C=O) groups excluding carboxylic acids is 3. The van der Waals surface area contributed by atoms with Crippen LogP contribution in [-0.4, -0.2) is 58.2 Å². The third kappa shape index (κ3) is 6.50. The number of hydrogen-bond acceptors (Lipinski definition) is 6. The molecule has 0 aromatic heterocycles. The van der Waals surface area contributed by atoms with Crippen LogP contribution < -0.4 is 9.91 Å². The number of anilines is 2. The maximum atomic E-state index is 13.8. The predicted molar refractivity (Wildman–Crippen MR) is 174 cm³/mol. The van der Waals surface area contributed by atoms with Crippen molar-refractivity contribution < 1.29 is 24.6 Å². The molecule has 0 saturated heterocycles. The van der Waals surface area contributed by atoms with E-state index in [-0.39, 0.29) is 44.4 Å². The van der Waals surface area contributed by atoms with E-state index < -0.39 is 17.4 Å². The Kier molecular flexibility index (Phi) is 9.71. The van der Waals surface area contributed by atoms with Crippen LogP contribution in [-0.2, 0) is 26.5 Å². The summed E-state index contributed by atoms with van der Waals surface area (Å²) in [5, 5.41) is 27.6. The number of benzene rings is 3. The lowest BCUT2D eigenvalue weighted by molar-refractivity contribution is -0.139. The average molecular weight is 607 g/mol. The van der Waals surface area contributed by atoms with E-state index >= 15 is 0 Å². The minimum atomic E-state index is -1.95. The first-order valence-corrected chi connectivity index (χ1v) is 15.1. The van der Waals surface area contributed by atoms with Crippen LogP contribution in [0.2, 0.25) is 0 Å². The minimum absolute atomic E-state index is 0.0317. The fourth-order valence-electron chi connectivity index (χ4n) is 5.83. The summed E-state index contributed by atoms with van der Waals surface area (Å²) in [5.41, 5.74) is 2.03. The molecular weight excluding hydrogens is 568 g/mol. The molecule has 5 rings (SSSR count). The number of hydrazone groups is 1. The molecule has 9 heteroatoms. The normalized spacial score (nSPS) is 18.6. The van der Waals surface area contributed by atoms with E-state index in [2.05, 4.69) is 11.7 Å². The highest BCUT2D eigenvalue weighted by molar-refractivity contribution is 6.10. The van der Waals surface area contributed by atoms with Crippen LogP contribution in [0.15, 0.2) is 109 Å². The zero-order chi connectivity index (χ0) is 32.0. The average Bonchev–Trinajstić information content (AvgIpc) is 3.28. The topological polar surface area (TPSA) is 114 Å². The van der Waals surface area contributed by atoms with E-state index in [1.807, 2.05) is 60.7 Å². The van der Waals surface area contributed by atoms with Crippen molar-refractivity contribution in [2.75, 3.05) is 29.6 Å². The molecule has 0 saturated carbocycles. The van der Waals surface area contributed by atoms with E-state index in [9.17, 15) is 24.6 Å². The van der Waals surface area contributed by atoms with E-state index in [0.29, 0.717) is 29.9 Å². The summed E-state index contributed by atoms with van der Waals surface area (Å²) < 4.78 is 0. The van der Waals surface area contributed by atoms with Crippen molar-refractivity contribution in [1.29, 1.82) is 0 Å². The van der Waals surface area contributed by atoms with Gasteiger partial charge in [0, 0.05) is 50.4 Å². The molecule has 9 nitrogen and oxygen atoms in total. The van der Waals surface area contributed by atoms with Crippen molar-refractivity contribution in [1.82, 2.24) is 4.90 Å². The van der Waals surface area contributed by atoms with Gasteiger partial charge in [-0.2, -0.15) is 5.10 Å². The highest BCUT2D eigenvalue weighted by atomic mass is 16.3. The second-order valence-electron chi connectivity index (χ2n) is 11.2. The van der Waals surface area contributed by atoms with Gasteiger partial charge in [-0.05, 0) is 29.3 Å². The first-order valence-electron chi connectivity index (χ1n) is 15.1. The van der Waals surface area contributed by atoms with Gasteiger partial charge in [-0.1, -0.05) is 85.8 Å². The van der Waals surface area contributed by atoms with Gasteiger partial charge in [0.15, 0.2) is 5.60 Å². The van der Waals surface area contributed by atoms with Gasteiger partial charge < -0.3 is 20.0 Å². The molecule has 0 aliphatic carbocycles. The third-order valence-corrected chi connectivity index (χ3v) is 8.26. The number of aliphatic hydroxyl groups excluding tert-OH is 1. The van der Waals surface area contributed by atoms with Crippen molar-refractivity contribution in [3.05, 3.63) is 120 Å². The Morgan fingerprint density at radius 1 is 1.07 bits per heavy atom. The Bertz CT molecular complexity index is 1620. The Balaban J connectivity index is 1.41. The highest BCUT2D eigenvalue weighted by Crippen LogP contribution is 2.47. The zero-order valence-corrected chi connectivity index (χ0v) is 25.4. The fourth-order valence-corrected chi connectivity index (χ4v) is 5.83. The summed E-state index contributed by atoms with van der Waals surface area (Å²) in [6.45, 7) is 6.07. The standard InChI is InChI=1S/C36H38N4O5/c1-3-21-39-32-19-17-29(40-34(43)20-18-31(37-40)28-14-8-5-9-15-28)24-30(32)36(45,35(39)44)26(2)11-10-16-33(42)38(22-23-41)25-27-12-6-4-7-13-27/h3-15,17,19,24,26,41,45H,1,16,18,20-23,25H2,2H3/b11-10+/t26-,36+/m0/s1. The maximum Gasteiger partial charge on any atom is 0.264 e. The number of aliphatic hydroxyl groups is 2. The number of fused-ring (bicyclic) bond motifs is 1. The van der Waals surface area contributed by atoms with Gasteiger partial charge in [-0.15, -0.1) is 6.58 Å². The monoisotopic (exact) mass is 606 g/mol. The lowest BCUT2D eigenvalue weighted by Crippen LogP contribution is -2.44. The largest absolute Gasteiger partial charge is 0.395 e. The first-order chi connectivity index (χ1) is 21.8. The molecule has 0 bridgehead atoms. The second kappa shape index (κ2) is 13.8. The number of nitrogens with zero attached hydrogens (tertiary/aromatic N) is 4. The van der Waals surface area contributed by atoms with Crippen molar-refractivity contribution in [2.45, 2.75) is 38.3 Å². The number of carbonyl (C=O) groups is 3. The molecular formula is C36H38N4O5. The Labute approximate surface area is 263 Å². The quantitative estimate of drug-likeness (QED) is 0.294. The van der Waals surface area contributed by atoms with Crippen LogP contribution in [0.25, 0.3) is 0 Å². The Morgan fingerprint density at radius 2 is 1.78 bits per heavy atom. The molecule has 2 aliphatic rings. The molecule has 45 heavy (non-hydrogen) atoms. The molecule has 2 aliphatic heterocycles. The van der Waals surface area contributed by atoms with E-state index in [1.165, 1.54) is 9.91 Å². The molecule has 2 atom stereocenters. The molecule has 0 unspecified atom stereocenters. The van der Waals surface area contributed by atoms with Crippen molar-refractivity contribution in [3.8, 4) is 0 Å². The van der Waals surface area contributed by atoms with Gasteiger partial charge in [0.25, 0.3) is 5.91 Å². The van der Waals surface area contributed by atoms with Gasteiger partial charge in [0.05, 0.1) is 23.7 Å². The fraction of sp³-hybridized carbons (Fsp3) is 0.278. The molecule has 0 fully saturated rings. The van der Waals surface area contributed by atoms with E-state index in [0.717, 1.165) is 16.8 Å². The van der Waals surface area contributed by atoms with Gasteiger partial charge in [-0.3, -0.25) is 14.4 Å². The number of rotatable bonds is 12. The molecule has 3 aromatic carbocycles. The zero-order valence-electron chi connectivity index (χ0n) is 25.4. The van der Waals surface area contributed by atoms with Crippen LogP contribution >= 0.6 is 0 Å². The molecule has 0 spiro atoms. The van der Waals surface area contributed by atoms with Crippen molar-refractivity contribution in [3.63, 3.8) is 0 Å². The Morgan fingerprint density at radius 3 is 2.47 bits per heavy atom.